The second-order valence-corrected chi connectivity index (χ2v) is 7.56. The average Bonchev–Trinajstić information content (AvgIpc) is 3.29. The Morgan fingerprint density at radius 2 is 1.80 bits per heavy atom. The van der Waals surface area contributed by atoms with Crippen molar-refractivity contribution in [3.8, 4) is 11.3 Å². The van der Waals surface area contributed by atoms with Crippen LogP contribution in [0.25, 0.3) is 28.2 Å². The highest BCUT2D eigenvalue weighted by Crippen LogP contribution is 2.27. The highest BCUT2D eigenvalue weighted by Gasteiger charge is 2.21. The van der Waals surface area contributed by atoms with Crippen molar-refractivity contribution in [2.45, 2.75) is 6.54 Å². The van der Waals surface area contributed by atoms with Crippen LogP contribution in [-0.4, -0.2) is 28.1 Å². The van der Waals surface area contributed by atoms with Crippen molar-refractivity contribution in [3.05, 3.63) is 86.4 Å². The predicted molar refractivity (Wildman–Crippen MR) is 115 cm³/mol. The quantitative estimate of drug-likeness (QED) is 0.449. The van der Waals surface area contributed by atoms with Gasteiger partial charge in [-0.15, -0.1) is 0 Å². The van der Waals surface area contributed by atoms with Crippen molar-refractivity contribution in [1.29, 1.82) is 0 Å². The maximum atomic E-state index is 12.9. The lowest BCUT2D eigenvalue weighted by molar-refractivity contribution is 0.707. The minimum atomic E-state index is -0.412. The molecule has 0 radical (unpaired) electrons. The lowest BCUT2D eigenvalue weighted by atomic mass is 10.1. The first-order chi connectivity index (χ1) is 14.5. The minimum absolute atomic E-state index is 0.348. The molecule has 4 heterocycles. The predicted octanol–water partition coefficient (Wildman–Crippen LogP) is 2.45. The van der Waals surface area contributed by atoms with Crippen LogP contribution in [0.2, 0.25) is 5.02 Å². The summed E-state index contributed by atoms with van der Waals surface area (Å²) in [6, 6.07) is 11.3. The molecule has 9 heteroatoms. The summed E-state index contributed by atoms with van der Waals surface area (Å²) >= 11 is 6.07. The van der Waals surface area contributed by atoms with E-state index in [1.807, 2.05) is 47.2 Å². The monoisotopic (exact) mass is 420 g/mol. The number of benzene rings is 1. The molecule has 0 aliphatic heterocycles. The standard InChI is InChI=1S/C21H17ClN6O2/c1-25-18-17(19(29)26(2)21(25)30)28-12-16(14-5-7-15(22)8-6-14)27(20(28)24-18)11-13-4-3-9-23-10-13/h3-10,12H,11H2,1-2H3. The van der Waals surface area contributed by atoms with E-state index in [2.05, 4.69) is 9.97 Å². The van der Waals surface area contributed by atoms with Gasteiger partial charge in [0.05, 0.1) is 12.2 Å². The zero-order valence-electron chi connectivity index (χ0n) is 16.3. The summed E-state index contributed by atoms with van der Waals surface area (Å²) in [4.78, 5) is 34.1. The van der Waals surface area contributed by atoms with Crippen molar-refractivity contribution in [2.75, 3.05) is 0 Å². The molecule has 0 saturated heterocycles. The van der Waals surface area contributed by atoms with Gasteiger partial charge in [0.15, 0.2) is 11.2 Å². The number of halogens is 1. The van der Waals surface area contributed by atoms with Gasteiger partial charge >= 0.3 is 5.69 Å². The number of fused-ring (bicyclic) bond motifs is 3. The molecule has 0 bridgehead atoms. The highest BCUT2D eigenvalue weighted by molar-refractivity contribution is 6.30. The zero-order chi connectivity index (χ0) is 21.0. The van der Waals surface area contributed by atoms with Crippen molar-refractivity contribution < 1.29 is 0 Å². The van der Waals surface area contributed by atoms with Crippen LogP contribution in [0.3, 0.4) is 0 Å². The maximum absolute atomic E-state index is 12.9. The van der Waals surface area contributed by atoms with Crippen LogP contribution in [0.15, 0.2) is 64.6 Å². The molecule has 0 aliphatic rings. The molecule has 0 fully saturated rings. The highest BCUT2D eigenvalue weighted by atomic mass is 35.5. The van der Waals surface area contributed by atoms with Crippen LogP contribution in [0.5, 0.6) is 0 Å². The molecule has 1 aromatic carbocycles. The van der Waals surface area contributed by atoms with E-state index in [0.29, 0.717) is 28.5 Å². The summed E-state index contributed by atoms with van der Waals surface area (Å²) in [5.41, 5.74) is 2.70. The van der Waals surface area contributed by atoms with E-state index in [0.717, 1.165) is 21.4 Å². The summed E-state index contributed by atoms with van der Waals surface area (Å²) in [7, 11) is 3.08. The molecule has 5 rings (SSSR count). The molecule has 5 aromatic rings. The van der Waals surface area contributed by atoms with E-state index in [-0.39, 0.29) is 5.56 Å². The van der Waals surface area contributed by atoms with Gasteiger partial charge in [-0.25, -0.2) is 4.79 Å². The topological polar surface area (TPSA) is 79.1 Å². The number of aryl methyl sites for hydroxylation is 1. The third-order valence-electron chi connectivity index (χ3n) is 5.26. The van der Waals surface area contributed by atoms with Gasteiger partial charge in [0.1, 0.15) is 0 Å². The van der Waals surface area contributed by atoms with E-state index in [1.54, 1.807) is 23.8 Å². The molecule has 0 N–H and O–H groups in total. The van der Waals surface area contributed by atoms with Gasteiger partial charge in [-0.1, -0.05) is 29.8 Å². The Labute approximate surface area is 175 Å². The first kappa shape index (κ1) is 18.4. The first-order valence-electron chi connectivity index (χ1n) is 9.28. The number of pyridine rings is 1. The molecule has 0 spiro atoms. The average molecular weight is 421 g/mol. The SMILES string of the molecule is Cn1c(=O)c2c(nc3n(Cc4cccnc4)c(-c4ccc(Cl)cc4)cn23)n(C)c1=O. The van der Waals surface area contributed by atoms with E-state index in [9.17, 15) is 9.59 Å². The van der Waals surface area contributed by atoms with Gasteiger partial charge in [0.2, 0.25) is 5.78 Å². The Hall–Kier alpha value is -3.65. The second-order valence-electron chi connectivity index (χ2n) is 7.13. The lowest BCUT2D eigenvalue weighted by Gasteiger charge is -2.09. The number of rotatable bonds is 3. The third-order valence-corrected chi connectivity index (χ3v) is 5.51. The lowest BCUT2D eigenvalue weighted by Crippen LogP contribution is -2.37. The van der Waals surface area contributed by atoms with Crippen molar-refractivity contribution in [3.63, 3.8) is 0 Å². The summed E-state index contributed by atoms with van der Waals surface area (Å²) in [6.07, 6.45) is 5.38. The van der Waals surface area contributed by atoms with Gasteiger partial charge in [0.25, 0.3) is 5.56 Å². The largest absolute Gasteiger partial charge is 0.332 e. The Balaban J connectivity index is 1.87. The fraction of sp³-hybridized carbons (Fsp3) is 0.143. The summed E-state index contributed by atoms with van der Waals surface area (Å²) in [5.74, 6) is 0.567. The number of aromatic nitrogens is 6. The maximum Gasteiger partial charge on any atom is 0.332 e. The fourth-order valence-corrected chi connectivity index (χ4v) is 3.82. The van der Waals surface area contributed by atoms with E-state index in [4.69, 9.17) is 11.6 Å². The van der Waals surface area contributed by atoms with Gasteiger partial charge < -0.3 is 4.57 Å². The summed E-state index contributed by atoms with van der Waals surface area (Å²) in [6.45, 7) is 0.500. The Kier molecular flexibility index (Phi) is 4.11. The Morgan fingerprint density at radius 3 is 2.50 bits per heavy atom. The van der Waals surface area contributed by atoms with Crippen LogP contribution in [0, 0.1) is 0 Å². The zero-order valence-corrected chi connectivity index (χ0v) is 17.0. The Morgan fingerprint density at radius 1 is 1.03 bits per heavy atom. The summed E-state index contributed by atoms with van der Waals surface area (Å²) < 4.78 is 6.23. The molecular formula is C21H17ClN6O2. The number of nitrogens with zero attached hydrogens (tertiary/aromatic N) is 6. The molecule has 150 valence electrons. The number of hydrogen-bond acceptors (Lipinski definition) is 4. The van der Waals surface area contributed by atoms with Gasteiger partial charge in [-0.3, -0.25) is 23.3 Å². The van der Waals surface area contributed by atoms with Crippen LogP contribution in [0.1, 0.15) is 5.56 Å². The molecule has 8 nitrogen and oxygen atoms in total. The van der Waals surface area contributed by atoms with E-state index >= 15 is 0 Å². The molecule has 0 unspecified atom stereocenters. The normalized spacial score (nSPS) is 11.6. The second kappa shape index (κ2) is 6.70. The van der Waals surface area contributed by atoms with E-state index in [1.165, 1.54) is 11.6 Å². The first-order valence-corrected chi connectivity index (χ1v) is 9.65. The van der Waals surface area contributed by atoms with E-state index < -0.39 is 5.69 Å². The van der Waals surface area contributed by atoms with Crippen molar-refractivity contribution >= 4 is 28.5 Å². The molecule has 0 aliphatic carbocycles. The molecule has 0 atom stereocenters. The summed E-state index contributed by atoms with van der Waals surface area (Å²) in [5, 5.41) is 0.642. The van der Waals surface area contributed by atoms with Gasteiger partial charge in [-0.2, -0.15) is 4.98 Å². The number of hydrogen-bond donors (Lipinski definition) is 0. The van der Waals surface area contributed by atoms with Gasteiger partial charge in [-0.05, 0) is 29.3 Å². The van der Waals surface area contributed by atoms with Crippen LogP contribution >= 0.6 is 11.6 Å². The smallest absolute Gasteiger partial charge is 0.305 e. The van der Waals surface area contributed by atoms with Crippen molar-refractivity contribution in [2.24, 2.45) is 14.1 Å². The molecule has 0 saturated carbocycles. The van der Waals surface area contributed by atoms with Crippen molar-refractivity contribution in [1.82, 2.24) is 28.1 Å². The van der Waals surface area contributed by atoms with Crippen LogP contribution in [-0.2, 0) is 20.6 Å². The van der Waals surface area contributed by atoms with Crippen LogP contribution < -0.4 is 11.2 Å². The Bertz CT molecular complexity index is 1520. The third kappa shape index (κ3) is 2.68. The van der Waals surface area contributed by atoms with Crippen LogP contribution in [0.4, 0.5) is 0 Å². The minimum Gasteiger partial charge on any atom is -0.305 e. The molecule has 4 aromatic heterocycles. The number of imidazole rings is 2. The molecule has 30 heavy (non-hydrogen) atoms. The fourth-order valence-electron chi connectivity index (χ4n) is 3.70. The molecule has 0 amide bonds. The van der Waals surface area contributed by atoms with Gasteiger partial charge in [0, 0.05) is 37.7 Å². The molecular weight excluding hydrogens is 404 g/mol.